The van der Waals surface area contributed by atoms with E-state index in [2.05, 4.69) is 10.2 Å². The van der Waals surface area contributed by atoms with Crippen LogP contribution in [0.15, 0.2) is 46.6 Å². The fraction of sp³-hybridized carbons (Fsp3) is 0. The highest BCUT2D eigenvalue weighted by atomic mass is 35.5. The molecule has 8 nitrogen and oxygen atoms in total. The van der Waals surface area contributed by atoms with Gasteiger partial charge in [-0.15, -0.1) is 10.2 Å². The van der Waals surface area contributed by atoms with Gasteiger partial charge < -0.3 is 0 Å². The Bertz CT molecular complexity index is 729. The number of nitro groups is 2. The van der Waals surface area contributed by atoms with Gasteiger partial charge in [0.05, 0.1) is 19.9 Å². The van der Waals surface area contributed by atoms with Gasteiger partial charge in [0.15, 0.2) is 11.4 Å². The van der Waals surface area contributed by atoms with Crippen molar-refractivity contribution in [2.24, 2.45) is 10.2 Å². The van der Waals surface area contributed by atoms with Crippen LogP contribution in [0.2, 0.25) is 10.0 Å². The van der Waals surface area contributed by atoms with Gasteiger partial charge in [-0.05, 0) is 12.1 Å². The van der Waals surface area contributed by atoms with Crippen molar-refractivity contribution in [1.82, 2.24) is 0 Å². The second-order valence-electron chi connectivity index (χ2n) is 3.93. The predicted octanol–water partition coefficient (Wildman–Crippen LogP) is 5.23. The van der Waals surface area contributed by atoms with Crippen molar-refractivity contribution in [3.05, 3.63) is 66.7 Å². The van der Waals surface area contributed by atoms with E-state index in [0.717, 1.165) is 0 Å². The average Bonchev–Trinajstić information content (AvgIpc) is 2.46. The monoisotopic (exact) mass is 340 g/mol. The Kier molecular flexibility index (Phi) is 4.64. The quantitative estimate of drug-likeness (QED) is 0.431. The Balaban J connectivity index is 2.56. The van der Waals surface area contributed by atoms with Crippen molar-refractivity contribution in [2.75, 3.05) is 0 Å². The first-order valence-corrected chi connectivity index (χ1v) is 6.45. The van der Waals surface area contributed by atoms with E-state index in [4.69, 9.17) is 23.2 Å². The van der Waals surface area contributed by atoms with Crippen LogP contribution in [-0.4, -0.2) is 9.85 Å². The summed E-state index contributed by atoms with van der Waals surface area (Å²) < 4.78 is 0. The minimum absolute atomic E-state index is 0.00680. The molecule has 0 saturated carbocycles. The maximum absolute atomic E-state index is 10.9. The lowest BCUT2D eigenvalue weighted by molar-refractivity contribution is -0.384. The molecule has 0 aliphatic heterocycles. The van der Waals surface area contributed by atoms with Gasteiger partial charge in [0.2, 0.25) is 0 Å². The fourth-order valence-electron chi connectivity index (χ4n) is 1.60. The summed E-state index contributed by atoms with van der Waals surface area (Å²) in [6, 6.07) is 7.95. The third kappa shape index (κ3) is 3.18. The highest BCUT2D eigenvalue weighted by Gasteiger charge is 2.19. The SMILES string of the molecule is O=[N+]([O-])c1cccc(Cl)c1N=Nc1c(Cl)cccc1[N+](=O)[O-]. The molecule has 2 rings (SSSR count). The molecule has 0 N–H and O–H groups in total. The second-order valence-corrected chi connectivity index (χ2v) is 4.74. The Labute approximate surface area is 133 Å². The van der Waals surface area contributed by atoms with Crippen molar-refractivity contribution in [1.29, 1.82) is 0 Å². The molecule has 0 amide bonds. The molecule has 0 saturated heterocycles. The van der Waals surface area contributed by atoms with E-state index in [0.29, 0.717) is 0 Å². The predicted molar refractivity (Wildman–Crippen MR) is 80.4 cm³/mol. The first-order valence-electron chi connectivity index (χ1n) is 5.69. The molecule has 0 radical (unpaired) electrons. The van der Waals surface area contributed by atoms with E-state index in [1.54, 1.807) is 0 Å². The van der Waals surface area contributed by atoms with Crippen LogP contribution in [0.25, 0.3) is 0 Å². The Hall–Kier alpha value is -2.58. The molecule has 0 unspecified atom stereocenters. The standard InChI is InChI=1S/C12H6Cl2N4O4/c13-7-3-1-5-9(17(19)20)11(7)15-16-12-8(14)4-2-6-10(12)18(21)22/h1-6H. The minimum Gasteiger partial charge on any atom is -0.258 e. The minimum atomic E-state index is -0.679. The summed E-state index contributed by atoms with van der Waals surface area (Å²) in [5.74, 6) is 0. The van der Waals surface area contributed by atoms with Gasteiger partial charge in [0.25, 0.3) is 11.4 Å². The average molecular weight is 341 g/mol. The van der Waals surface area contributed by atoms with Crippen LogP contribution >= 0.6 is 23.2 Å². The third-order valence-electron chi connectivity index (χ3n) is 2.57. The number of rotatable bonds is 4. The normalized spacial score (nSPS) is 10.8. The van der Waals surface area contributed by atoms with Gasteiger partial charge in [0, 0.05) is 12.1 Å². The van der Waals surface area contributed by atoms with Crippen LogP contribution in [-0.2, 0) is 0 Å². The number of hydrogen-bond donors (Lipinski definition) is 0. The lowest BCUT2D eigenvalue weighted by Crippen LogP contribution is -1.89. The van der Waals surface area contributed by atoms with E-state index in [-0.39, 0.29) is 32.8 Å². The van der Waals surface area contributed by atoms with Gasteiger partial charge in [-0.3, -0.25) is 20.2 Å². The molecule has 0 fully saturated rings. The molecule has 0 aliphatic carbocycles. The molecule has 0 heterocycles. The second kappa shape index (κ2) is 6.46. The number of nitro benzene ring substituents is 2. The van der Waals surface area contributed by atoms with Gasteiger partial charge >= 0.3 is 0 Å². The van der Waals surface area contributed by atoms with E-state index < -0.39 is 9.85 Å². The van der Waals surface area contributed by atoms with E-state index in [9.17, 15) is 20.2 Å². The van der Waals surface area contributed by atoms with Crippen molar-refractivity contribution in [3.8, 4) is 0 Å². The molecule has 0 aromatic heterocycles. The van der Waals surface area contributed by atoms with Gasteiger partial charge in [-0.2, -0.15) is 0 Å². The highest BCUT2D eigenvalue weighted by Crippen LogP contribution is 2.39. The molecule has 112 valence electrons. The highest BCUT2D eigenvalue weighted by molar-refractivity contribution is 6.34. The van der Waals surface area contributed by atoms with Crippen LogP contribution in [0.5, 0.6) is 0 Å². The molecule has 2 aromatic rings. The van der Waals surface area contributed by atoms with E-state index in [1.165, 1.54) is 36.4 Å². The topological polar surface area (TPSA) is 111 Å². The zero-order valence-electron chi connectivity index (χ0n) is 10.6. The fourth-order valence-corrected chi connectivity index (χ4v) is 2.02. The van der Waals surface area contributed by atoms with Crippen molar-refractivity contribution in [2.45, 2.75) is 0 Å². The summed E-state index contributed by atoms with van der Waals surface area (Å²) in [5, 5.41) is 29.2. The van der Waals surface area contributed by atoms with Gasteiger partial charge in [0.1, 0.15) is 0 Å². The molecule has 0 spiro atoms. The molecule has 2 aromatic carbocycles. The largest absolute Gasteiger partial charge is 0.298 e. The Morgan fingerprint density at radius 2 is 1.14 bits per heavy atom. The van der Waals surface area contributed by atoms with Crippen LogP contribution in [0.4, 0.5) is 22.7 Å². The molecular weight excluding hydrogens is 335 g/mol. The maximum atomic E-state index is 10.9. The molecule has 0 bridgehead atoms. The molecular formula is C12H6Cl2N4O4. The summed E-state index contributed by atoms with van der Waals surface area (Å²) >= 11 is 11.7. The van der Waals surface area contributed by atoms with Crippen LogP contribution in [0.3, 0.4) is 0 Å². The zero-order chi connectivity index (χ0) is 16.3. The number of benzene rings is 2. The molecule has 22 heavy (non-hydrogen) atoms. The summed E-state index contributed by atoms with van der Waals surface area (Å²) in [6.07, 6.45) is 0. The smallest absolute Gasteiger partial charge is 0.258 e. The molecule has 10 heteroatoms. The summed E-state index contributed by atoms with van der Waals surface area (Å²) in [4.78, 5) is 20.5. The van der Waals surface area contributed by atoms with Crippen molar-refractivity contribution in [3.63, 3.8) is 0 Å². The first-order chi connectivity index (χ1) is 10.4. The molecule has 0 atom stereocenters. The van der Waals surface area contributed by atoms with Gasteiger partial charge in [-0.1, -0.05) is 35.3 Å². The summed E-state index contributed by atoms with van der Waals surface area (Å²) in [5.41, 5.74) is -1.15. The Morgan fingerprint density at radius 3 is 1.45 bits per heavy atom. The zero-order valence-corrected chi connectivity index (χ0v) is 12.2. The van der Waals surface area contributed by atoms with Crippen LogP contribution < -0.4 is 0 Å². The van der Waals surface area contributed by atoms with E-state index >= 15 is 0 Å². The third-order valence-corrected chi connectivity index (χ3v) is 3.18. The van der Waals surface area contributed by atoms with Crippen LogP contribution in [0.1, 0.15) is 0 Å². The van der Waals surface area contributed by atoms with Crippen molar-refractivity contribution >= 4 is 46.0 Å². The lowest BCUT2D eigenvalue weighted by Gasteiger charge is -2.00. The number of nitrogens with zero attached hydrogens (tertiary/aromatic N) is 4. The number of azo groups is 1. The van der Waals surface area contributed by atoms with E-state index in [1.807, 2.05) is 0 Å². The summed E-state index contributed by atoms with van der Waals surface area (Å²) in [7, 11) is 0. The number of hydrogen-bond acceptors (Lipinski definition) is 6. The molecule has 0 aliphatic rings. The maximum Gasteiger partial charge on any atom is 0.298 e. The van der Waals surface area contributed by atoms with Crippen LogP contribution in [0, 0.1) is 20.2 Å². The Morgan fingerprint density at radius 1 is 0.773 bits per heavy atom. The van der Waals surface area contributed by atoms with Crippen molar-refractivity contribution < 1.29 is 9.85 Å². The summed E-state index contributed by atoms with van der Waals surface area (Å²) in [6.45, 7) is 0. The van der Waals surface area contributed by atoms with Gasteiger partial charge in [-0.25, -0.2) is 0 Å². The first kappa shape index (κ1) is 15.8. The lowest BCUT2D eigenvalue weighted by atomic mass is 10.2. The number of halogens is 2.